The molecule has 0 unspecified atom stereocenters. The minimum absolute atomic E-state index is 0.238. The second kappa shape index (κ2) is 6.04. The maximum atomic E-state index is 5.82. The third-order valence-electron chi connectivity index (χ3n) is 3.02. The molecule has 0 radical (unpaired) electrons. The van der Waals surface area contributed by atoms with Gasteiger partial charge in [-0.15, -0.1) is 0 Å². The smallest absolute Gasteiger partial charge is 0.0335 e. The molecule has 1 heterocycles. The first-order valence-electron chi connectivity index (χ1n) is 6.17. The summed E-state index contributed by atoms with van der Waals surface area (Å²) in [5.41, 5.74) is 0.238. The van der Waals surface area contributed by atoms with Crippen LogP contribution in [0.3, 0.4) is 0 Å². The summed E-state index contributed by atoms with van der Waals surface area (Å²) >= 11 is 5.82. The highest BCUT2D eigenvalue weighted by Crippen LogP contribution is 2.18. The highest BCUT2D eigenvalue weighted by Gasteiger charge is 2.20. The summed E-state index contributed by atoms with van der Waals surface area (Å²) in [4.78, 5) is 2.39. The van der Waals surface area contributed by atoms with Crippen molar-refractivity contribution in [2.24, 2.45) is 5.92 Å². The Morgan fingerprint density at radius 1 is 1.38 bits per heavy atom. The van der Waals surface area contributed by atoms with Gasteiger partial charge in [0.2, 0.25) is 0 Å². The van der Waals surface area contributed by atoms with E-state index in [-0.39, 0.29) is 5.54 Å². The third kappa shape index (κ3) is 5.88. The molecule has 0 atom stereocenters. The summed E-state index contributed by atoms with van der Waals surface area (Å²) in [6, 6.07) is 0. The van der Waals surface area contributed by atoms with Crippen molar-refractivity contribution < 1.29 is 0 Å². The summed E-state index contributed by atoms with van der Waals surface area (Å²) in [6.07, 6.45) is 2.54. The lowest BCUT2D eigenvalue weighted by molar-refractivity contribution is 0.190. The Morgan fingerprint density at radius 3 is 2.38 bits per heavy atom. The van der Waals surface area contributed by atoms with Crippen molar-refractivity contribution in [1.82, 2.24) is 10.2 Å². The van der Waals surface area contributed by atoms with Crippen LogP contribution in [0.25, 0.3) is 0 Å². The standard InChI is InChI=1S/C13H25ClN2/c1-11(14)10-16-7-5-12(6-8-16)9-15-13(2,3)4/h12,15H,1,5-10H2,2-4H3. The maximum Gasteiger partial charge on any atom is 0.0335 e. The molecule has 1 fully saturated rings. The number of nitrogens with zero attached hydrogens (tertiary/aromatic N) is 1. The Kier molecular flexibility index (Phi) is 5.29. The van der Waals surface area contributed by atoms with E-state index in [2.05, 4.69) is 37.6 Å². The number of rotatable bonds is 4. The van der Waals surface area contributed by atoms with E-state index in [1.807, 2.05) is 0 Å². The second-order valence-corrected chi connectivity index (χ2v) is 6.40. The third-order valence-corrected chi connectivity index (χ3v) is 3.14. The fourth-order valence-electron chi connectivity index (χ4n) is 2.04. The maximum absolute atomic E-state index is 5.82. The van der Waals surface area contributed by atoms with Gasteiger partial charge in [-0.2, -0.15) is 0 Å². The van der Waals surface area contributed by atoms with Gasteiger partial charge in [0.15, 0.2) is 0 Å². The van der Waals surface area contributed by atoms with Crippen LogP contribution < -0.4 is 5.32 Å². The topological polar surface area (TPSA) is 15.3 Å². The first-order chi connectivity index (χ1) is 7.37. The molecule has 3 heteroatoms. The lowest BCUT2D eigenvalue weighted by Gasteiger charge is -2.33. The van der Waals surface area contributed by atoms with E-state index in [1.54, 1.807) is 0 Å². The molecule has 0 spiro atoms. The van der Waals surface area contributed by atoms with Crippen LogP contribution >= 0.6 is 11.6 Å². The van der Waals surface area contributed by atoms with Gasteiger partial charge in [0, 0.05) is 17.1 Å². The monoisotopic (exact) mass is 244 g/mol. The molecular weight excluding hydrogens is 220 g/mol. The average Bonchev–Trinajstić information content (AvgIpc) is 2.14. The highest BCUT2D eigenvalue weighted by molar-refractivity contribution is 6.29. The second-order valence-electron chi connectivity index (χ2n) is 5.87. The van der Waals surface area contributed by atoms with E-state index in [0.29, 0.717) is 0 Å². The summed E-state index contributed by atoms with van der Waals surface area (Å²) in [6.45, 7) is 14.7. The first-order valence-corrected chi connectivity index (χ1v) is 6.55. The highest BCUT2D eigenvalue weighted by atomic mass is 35.5. The minimum atomic E-state index is 0.238. The quantitative estimate of drug-likeness (QED) is 0.818. The molecule has 0 aromatic carbocycles. The van der Waals surface area contributed by atoms with Crippen molar-refractivity contribution in [2.75, 3.05) is 26.2 Å². The van der Waals surface area contributed by atoms with Gasteiger partial charge in [-0.25, -0.2) is 0 Å². The Bertz CT molecular complexity index is 225. The molecule has 0 aliphatic carbocycles. The van der Waals surface area contributed by atoms with Gasteiger partial charge in [0.1, 0.15) is 0 Å². The predicted octanol–water partition coefficient (Wildman–Crippen LogP) is 2.84. The molecular formula is C13H25ClN2. The van der Waals surface area contributed by atoms with E-state index in [0.717, 1.165) is 37.1 Å². The number of hydrogen-bond acceptors (Lipinski definition) is 2. The zero-order chi connectivity index (χ0) is 12.2. The predicted molar refractivity (Wildman–Crippen MR) is 71.9 cm³/mol. The summed E-state index contributed by atoms with van der Waals surface area (Å²) in [5, 5.41) is 4.34. The molecule has 1 rings (SSSR count). The van der Waals surface area contributed by atoms with Crippen LogP contribution in [0, 0.1) is 5.92 Å². The average molecular weight is 245 g/mol. The normalized spacial score (nSPS) is 20.0. The van der Waals surface area contributed by atoms with E-state index >= 15 is 0 Å². The molecule has 0 saturated carbocycles. The van der Waals surface area contributed by atoms with Crippen molar-refractivity contribution in [2.45, 2.75) is 39.2 Å². The van der Waals surface area contributed by atoms with Gasteiger partial charge in [0.05, 0.1) is 0 Å². The van der Waals surface area contributed by atoms with E-state index in [1.165, 1.54) is 12.8 Å². The van der Waals surface area contributed by atoms with Gasteiger partial charge >= 0.3 is 0 Å². The lowest BCUT2D eigenvalue weighted by atomic mass is 9.95. The number of nitrogens with one attached hydrogen (secondary N) is 1. The zero-order valence-corrected chi connectivity index (χ0v) is 11.6. The summed E-state index contributed by atoms with van der Waals surface area (Å²) in [7, 11) is 0. The summed E-state index contributed by atoms with van der Waals surface area (Å²) < 4.78 is 0. The number of piperidine rings is 1. The van der Waals surface area contributed by atoms with Gasteiger partial charge in [0.25, 0.3) is 0 Å². The van der Waals surface area contributed by atoms with Crippen LogP contribution in [0.2, 0.25) is 0 Å². The Morgan fingerprint density at radius 2 is 1.94 bits per heavy atom. The summed E-state index contributed by atoms with van der Waals surface area (Å²) in [5.74, 6) is 0.819. The van der Waals surface area contributed by atoms with Gasteiger partial charge in [-0.3, -0.25) is 4.90 Å². The molecule has 2 nitrogen and oxygen atoms in total. The molecule has 1 aliphatic rings. The fraction of sp³-hybridized carbons (Fsp3) is 0.846. The largest absolute Gasteiger partial charge is 0.312 e. The van der Waals surface area contributed by atoms with Crippen molar-refractivity contribution >= 4 is 11.6 Å². The molecule has 0 bridgehead atoms. The van der Waals surface area contributed by atoms with E-state index in [9.17, 15) is 0 Å². The molecule has 16 heavy (non-hydrogen) atoms. The van der Waals surface area contributed by atoms with Crippen LogP contribution in [-0.2, 0) is 0 Å². The van der Waals surface area contributed by atoms with Crippen LogP contribution in [0.1, 0.15) is 33.6 Å². The van der Waals surface area contributed by atoms with Crippen molar-refractivity contribution in [3.05, 3.63) is 11.6 Å². The Hall–Kier alpha value is -0.0500. The molecule has 94 valence electrons. The molecule has 1 aliphatic heterocycles. The number of halogens is 1. The van der Waals surface area contributed by atoms with Gasteiger partial charge < -0.3 is 5.32 Å². The van der Waals surface area contributed by atoms with Crippen LogP contribution in [0.4, 0.5) is 0 Å². The van der Waals surface area contributed by atoms with Gasteiger partial charge in [-0.1, -0.05) is 18.2 Å². The SMILES string of the molecule is C=C(Cl)CN1CCC(CNC(C)(C)C)CC1. The zero-order valence-electron chi connectivity index (χ0n) is 10.9. The Balaban J connectivity index is 2.19. The van der Waals surface area contributed by atoms with E-state index in [4.69, 9.17) is 11.6 Å². The lowest BCUT2D eigenvalue weighted by Crippen LogP contribution is -2.43. The Labute approximate surface area is 105 Å². The molecule has 1 N–H and O–H groups in total. The van der Waals surface area contributed by atoms with Crippen molar-refractivity contribution in [3.63, 3.8) is 0 Å². The van der Waals surface area contributed by atoms with Crippen LogP contribution in [0.5, 0.6) is 0 Å². The number of hydrogen-bond donors (Lipinski definition) is 1. The molecule has 0 aromatic rings. The molecule has 0 amide bonds. The van der Waals surface area contributed by atoms with Crippen molar-refractivity contribution in [3.8, 4) is 0 Å². The van der Waals surface area contributed by atoms with E-state index < -0.39 is 0 Å². The van der Waals surface area contributed by atoms with Crippen LogP contribution in [-0.4, -0.2) is 36.6 Å². The first kappa shape index (κ1) is 14.0. The minimum Gasteiger partial charge on any atom is -0.312 e. The molecule has 0 aromatic heterocycles. The molecule has 1 saturated heterocycles. The van der Waals surface area contributed by atoms with Gasteiger partial charge in [-0.05, 0) is 59.2 Å². The van der Waals surface area contributed by atoms with Crippen LogP contribution in [0.15, 0.2) is 11.6 Å². The fourth-order valence-corrected chi connectivity index (χ4v) is 2.21. The van der Waals surface area contributed by atoms with Crippen molar-refractivity contribution in [1.29, 1.82) is 0 Å². The number of likely N-dealkylation sites (tertiary alicyclic amines) is 1.